The minimum absolute atomic E-state index is 0.0837. The molecule has 1 atom stereocenters. The zero-order valence-electron chi connectivity index (χ0n) is 12.4. The van der Waals surface area contributed by atoms with Crippen LogP contribution in [0.1, 0.15) is 43.5 Å². The lowest BCUT2D eigenvalue weighted by atomic mass is 9.97. The van der Waals surface area contributed by atoms with Gasteiger partial charge < -0.3 is 16.0 Å². The molecular formula is C15H23N3O2S. The summed E-state index contributed by atoms with van der Waals surface area (Å²) in [5.74, 6) is 0.448. The maximum absolute atomic E-state index is 12.0. The first kappa shape index (κ1) is 15.8. The summed E-state index contributed by atoms with van der Waals surface area (Å²) >= 11 is 1.69. The number of urea groups is 1. The van der Waals surface area contributed by atoms with Gasteiger partial charge in [-0.2, -0.15) is 0 Å². The van der Waals surface area contributed by atoms with E-state index in [-0.39, 0.29) is 18.0 Å². The van der Waals surface area contributed by atoms with Gasteiger partial charge in [0.1, 0.15) is 0 Å². The van der Waals surface area contributed by atoms with Crippen LogP contribution in [0.5, 0.6) is 0 Å². The van der Waals surface area contributed by atoms with Crippen molar-refractivity contribution in [3.05, 3.63) is 22.4 Å². The first-order valence-electron chi connectivity index (χ1n) is 7.49. The Labute approximate surface area is 129 Å². The van der Waals surface area contributed by atoms with E-state index < -0.39 is 0 Å². The molecule has 0 bridgehead atoms. The van der Waals surface area contributed by atoms with Crippen molar-refractivity contribution in [3.8, 4) is 0 Å². The minimum atomic E-state index is -0.161. The van der Waals surface area contributed by atoms with Crippen LogP contribution in [0.2, 0.25) is 0 Å². The minimum Gasteiger partial charge on any atom is -0.355 e. The molecule has 1 aliphatic carbocycles. The number of rotatable bonds is 6. The third-order valence-corrected chi connectivity index (χ3v) is 4.75. The van der Waals surface area contributed by atoms with Crippen molar-refractivity contribution in [1.82, 2.24) is 16.0 Å². The number of carbonyl (C=O) groups is 2. The number of hydrogen-bond acceptors (Lipinski definition) is 3. The molecule has 1 saturated carbocycles. The van der Waals surface area contributed by atoms with Crippen LogP contribution in [0.4, 0.5) is 4.79 Å². The molecule has 0 radical (unpaired) electrons. The highest BCUT2D eigenvalue weighted by Gasteiger charge is 2.28. The molecule has 3 N–H and O–H groups in total. The smallest absolute Gasteiger partial charge is 0.315 e. The summed E-state index contributed by atoms with van der Waals surface area (Å²) in [5.41, 5.74) is 0. The van der Waals surface area contributed by atoms with Gasteiger partial charge in [-0.1, -0.05) is 18.9 Å². The third-order valence-electron chi connectivity index (χ3n) is 3.79. The fourth-order valence-electron chi connectivity index (χ4n) is 2.79. The van der Waals surface area contributed by atoms with E-state index in [1.54, 1.807) is 11.3 Å². The van der Waals surface area contributed by atoms with E-state index in [0.717, 1.165) is 0 Å². The molecule has 0 aromatic carbocycles. The molecule has 0 spiro atoms. The molecule has 2 rings (SSSR count). The molecule has 1 fully saturated rings. The largest absolute Gasteiger partial charge is 0.355 e. The normalized spacial score (nSPS) is 16.4. The van der Waals surface area contributed by atoms with E-state index in [2.05, 4.69) is 22.0 Å². The average Bonchev–Trinajstić information content (AvgIpc) is 3.13. The first-order chi connectivity index (χ1) is 10.2. The van der Waals surface area contributed by atoms with Crippen LogP contribution in [0.3, 0.4) is 0 Å². The molecule has 6 heteroatoms. The molecule has 1 unspecified atom stereocenters. The van der Waals surface area contributed by atoms with Crippen LogP contribution in [0.15, 0.2) is 17.5 Å². The molecular weight excluding hydrogens is 286 g/mol. The standard InChI is InChI=1S/C15H23N3O2S/c1-11(19)16-8-9-17-15(20)18-14(12-5-2-3-6-12)13-7-4-10-21-13/h4,7,10,12,14H,2-3,5-6,8-9H2,1H3,(H,16,19)(H2,17,18,20). The molecule has 1 aromatic rings. The summed E-state index contributed by atoms with van der Waals surface area (Å²) in [6.45, 7) is 2.36. The molecule has 0 saturated heterocycles. The van der Waals surface area contributed by atoms with Crippen molar-refractivity contribution in [2.75, 3.05) is 13.1 Å². The molecule has 116 valence electrons. The van der Waals surface area contributed by atoms with Crippen LogP contribution in [-0.2, 0) is 4.79 Å². The van der Waals surface area contributed by atoms with Crippen molar-refractivity contribution >= 4 is 23.3 Å². The molecule has 1 aromatic heterocycles. The van der Waals surface area contributed by atoms with E-state index in [0.29, 0.717) is 19.0 Å². The summed E-state index contributed by atoms with van der Waals surface area (Å²) in [6, 6.07) is 4.06. The van der Waals surface area contributed by atoms with Crippen LogP contribution < -0.4 is 16.0 Å². The second kappa shape index (κ2) is 8.02. The topological polar surface area (TPSA) is 70.2 Å². The summed E-state index contributed by atoms with van der Waals surface area (Å²) in [4.78, 5) is 24.0. The molecule has 1 heterocycles. The zero-order chi connectivity index (χ0) is 15.1. The second-order valence-corrected chi connectivity index (χ2v) is 6.40. The Morgan fingerprint density at radius 3 is 2.62 bits per heavy atom. The highest BCUT2D eigenvalue weighted by atomic mass is 32.1. The molecule has 3 amide bonds. The lowest BCUT2D eigenvalue weighted by Gasteiger charge is -2.24. The van der Waals surface area contributed by atoms with E-state index in [4.69, 9.17) is 0 Å². The van der Waals surface area contributed by atoms with Crippen molar-refractivity contribution in [1.29, 1.82) is 0 Å². The number of hydrogen-bond donors (Lipinski definition) is 3. The second-order valence-electron chi connectivity index (χ2n) is 5.42. The van der Waals surface area contributed by atoms with Crippen molar-refractivity contribution in [2.24, 2.45) is 5.92 Å². The Kier molecular flexibility index (Phi) is 6.04. The molecule has 1 aliphatic rings. The zero-order valence-corrected chi connectivity index (χ0v) is 13.2. The predicted molar refractivity (Wildman–Crippen MR) is 84.2 cm³/mol. The average molecular weight is 309 g/mol. The first-order valence-corrected chi connectivity index (χ1v) is 8.37. The maximum atomic E-state index is 12.0. The van der Waals surface area contributed by atoms with Crippen molar-refractivity contribution < 1.29 is 9.59 Å². The molecule has 21 heavy (non-hydrogen) atoms. The maximum Gasteiger partial charge on any atom is 0.315 e. The fourth-order valence-corrected chi connectivity index (χ4v) is 3.66. The van der Waals surface area contributed by atoms with Crippen LogP contribution in [0, 0.1) is 5.92 Å². The summed E-state index contributed by atoms with van der Waals surface area (Å²) in [5, 5.41) is 10.6. The van der Waals surface area contributed by atoms with Crippen LogP contribution >= 0.6 is 11.3 Å². The number of carbonyl (C=O) groups excluding carboxylic acids is 2. The van der Waals surface area contributed by atoms with E-state index in [9.17, 15) is 9.59 Å². The van der Waals surface area contributed by atoms with Crippen LogP contribution in [0.25, 0.3) is 0 Å². The van der Waals surface area contributed by atoms with Gasteiger partial charge in [-0.25, -0.2) is 4.79 Å². The third kappa shape index (κ3) is 5.04. The number of thiophene rings is 1. The monoisotopic (exact) mass is 309 g/mol. The molecule has 5 nitrogen and oxygen atoms in total. The van der Waals surface area contributed by atoms with Gasteiger partial charge in [-0.15, -0.1) is 11.3 Å². The van der Waals surface area contributed by atoms with Gasteiger partial charge >= 0.3 is 6.03 Å². The van der Waals surface area contributed by atoms with Crippen molar-refractivity contribution in [2.45, 2.75) is 38.6 Å². The van der Waals surface area contributed by atoms with Gasteiger partial charge in [-0.05, 0) is 30.2 Å². The summed E-state index contributed by atoms with van der Waals surface area (Å²) < 4.78 is 0. The summed E-state index contributed by atoms with van der Waals surface area (Å²) in [6.07, 6.45) is 4.85. The van der Waals surface area contributed by atoms with Gasteiger partial charge in [0.25, 0.3) is 0 Å². The lowest BCUT2D eigenvalue weighted by Crippen LogP contribution is -2.42. The number of nitrogens with one attached hydrogen (secondary N) is 3. The van der Waals surface area contributed by atoms with Gasteiger partial charge in [0.15, 0.2) is 0 Å². The Bertz CT molecular complexity index is 455. The van der Waals surface area contributed by atoms with E-state index >= 15 is 0 Å². The van der Waals surface area contributed by atoms with Gasteiger partial charge in [0, 0.05) is 24.9 Å². The quantitative estimate of drug-likeness (QED) is 0.706. The SMILES string of the molecule is CC(=O)NCCNC(=O)NC(c1cccs1)C1CCCC1. The predicted octanol–water partition coefficient (Wildman–Crippen LogP) is 2.41. The van der Waals surface area contributed by atoms with Crippen LogP contribution in [-0.4, -0.2) is 25.0 Å². The lowest BCUT2D eigenvalue weighted by molar-refractivity contribution is -0.118. The molecule has 0 aliphatic heterocycles. The Morgan fingerprint density at radius 1 is 1.29 bits per heavy atom. The van der Waals surface area contributed by atoms with Gasteiger partial charge in [-0.3, -0.25) is 4.79 Å². The highest BCUT2D eigenvalue weighted by molar-refractivity contribution is 7.10. The Hall–Kier alpha value is -1.56. The van der Waals surface area contributed by atoms with Gasteiger partial charge in [0.05, 0.1) is 6.04 Å². The number of amides is 3. The van der Waals surface area contributed by atoms with E-state index in [1.165, 1.54) is 37.5 Å². The Morgan fingerprint density at radius 2 is 2.00 bits per heavy atom. The van der Waals surface area contributed by atoms with Gasteiger partial charge in [0.2, 0.25) is 5.91 Å². The summed E-state index contributed by atoms with van der Waals surface area (Å²) in [7, 11) is 0. The highest BCUT2D eigenvalue weighted by Crippen LogP contribution is 2.37. The Balaban J connectivity index is 1.83. The van der Waals surface area contributed by atoms with E-state index in [1.807, 2.05) is 11.4 Å². The van der Waals surface area contributed by atoms with Crippen molar-refractivity contribution in [3.63, 3.8) is 0 Å². The fraction of sp³-hybridized carbons (Fsp3) is 0.600.